The third-order valence-corrected chi connectivity index (χ3v) is 2.89. The van der Waals surface area contributed by atoms with Crippen LogP contribution in [0.25, 0.3) is 5.52 Å². The van der Waals surface area contributed by atoms with Crippen molar-refractivity contribution >= 4 is 22.8 Å². The number of halogens is 1. The van der Waals surface area contributed by atoms with Crippen LogP contribution in [0.2, 0.25) is 5.15 Å². The zero-order chi connectivity index (χ0) is 11.8. The number of rotatable bonds is 2. The van der Waals surface area contributed by atoms with Crippen LogP contribution in [0, 0.1) is 0 Å². The number of anilines is 1. The van der Waals surface area contributed by atoms with Gasteiger partial charge in [-0.3, -0.25) is 0 Å². The summed E-state index contributed by atoms with van der Waals surface area (Å²) in [5.41, 5.74) is 7.20. The normalized spacial score (nSPS) is 11.1. The molecule has 3 aromatic rings. The van der Waals surface area contributed by atoms with Gasteiger partial charge in [-0.2, -0.15) is 0 Å². The predicted molar refractivity (Wildman–Crippen MR) is 66.1 cm³/mol. The first kappa shape index (κ1) is 10.2. The van der Waals surface area contributed by atoms with E-state index < -0.39 is 0 Å². The van der Waals surface area contributed by atoms with Crippen molar-refractivity contribution in [1.82, 2.24) is 9.38 Å². The van der Waals surface area contributed by atoms with Gasteiger partial charge in [0.2, 0.25) is 0 Å². The van der Waals surface area contributed by atoms with Crippen molar-refractivity contribution in [2.24, 2.45) is 0 Å². The van der Waals surface area contributed by atoms with E-state index in [1.807, 2.05) is 28.8 Å². The fourth-order valence-corrected chi connectivity index (χ4v) is 2.06. The summed E-state index contributed by atoms with van der Waals surface area (Å²) in [6.45, 7) is 0. The minimum Gasteiger partial charge on any atom is -0.469 e. The van der Waals surface area contributed by atoms with E-state index in [0.717, 1.165) is 17.1 Å². The summed E-state index contributed by atoms with van der Waals surface area (Å²) in [4.78, 5) is 4.32. The fraction of sp³-hybridized carbons (Fsp3) is 0.0833. The lowest BCUT2D eigenvalue weighted by Gasteiger charge is -2.00. The van der Waals surface area contributed by atoms with Crippen molar-refractivity contribution in [2.75, 3.05) is 5.73 Å². The highest BCUT2D eigenvalue weighted by molar-refractivity contribution is 6.32. The van der Waals surface area contributed by atoms with E-state index in [4.69, 9.17) is 21.8 Å². The highest BCUT2D eigenvalue weighted by Gasteiger charge is 2.11. The summed E-state index contributed by atoms with van der Waals surface area (Å²) >= 11 is 6.07. The molecule has 4 nitrogen and oxygen atoms in total. The van der Waals surface area contributed by atoms with Gasteiger partial charge in [0, 0.05) is 11.9 Å². The standard InChI is InChI=1S/C12H10ClN3O/c13-12-10-6-8(14)3-4-16(10)11(15-12)7-9-2-1-5-17-9/h1-6H,7,14H2. The van der Waals surface area contributed by atoms with E-state index in [1.165, 1.54) is 0 Å². The van der Waals surface area contributed by atoms with Gasteiger partial charge in [0.05, 0.1) is 18.2 Å². The fourth-order valence-electron chi connectivity index (χ4n) is 1.82. The van der Waals surface area contributed by atoms with Crippen LogP contribution in [-0.4, -0.2) is 9.38 Å². The lowest BCUT2D eigenvalue weighted by molar-refractivity contribution is 0.516. The molecule has 0 saturated carbocycles. The molecule has 2 N–H and O–H groups in total. The van der Waals surface area contributed by atoms with Crippen LogP contribution in [0.3, 0.4) is 0 Å². The third-order valence-electron chi connectivity index (χ3n) is 2.61. The summed E-state index contributed by atoms with van der Waals surface area (Å²) < 4.78 is 7.22. The van der Waals surface area contributed by atoms with Gasteiger partial charge < -0.3 is 14.6 Å². The lowest BCUT2D eigenvalue weighted by atomic mass is 10.3. The van der Waals surface area contributed by atoms with E-state index in [1.54, 1.807) is 12.3 Å². The Bertz CT molecular complexity index is 658. The SMILES string of the molecule is Nc1ccn2c(Cc3ccco3)nc(Cl)c2c1. The molecule has 0 amide bonds. The maximum absolute atomic E-state index is 6.07. The van der Waals surface area contributed by atoms with Gasteiger partial charge in [-0.15, -0.1) is 0 Å². The number of fused-ring (bicyclic) bond motifs is 1. The van der Waals surface area contributed by atoms with Crippen LogP contribution in [0.15, 0.2) is 41.1 Å². The molecule has 0 aromatic carbocycles. The zero-order valence-electron chi connectivity index (χ0n) is 8.93. The van der Waals surface area contributed by atoms with Gasteiger partial charge in [0.15, 0.2) is 5.15 Å². The number of imidazole rings is 1. The Balaban J connectivity index is 2.11. The molecule has 0 spiro atoms. The molecule has 0 radical (unpaired) electrons. The summed E-state index contributed by atoms with van der Waals surface area (Å²) in [5.74, 6) is 1.69. The zero-order valence-corrected chi connectivity index (χ0v) is 9.69. The Morgan fingerprint density at radius 1 is 1.41 bits per heavy atom. The largest absolute Gasteiger partial charge is 0.469 e. The Morgan fingerprint density at radius 2 is 2.29 bits per heavy atom. The number of pyridine rings is 1. The van der Waals surface area contributed by atoms with E-state index in [2.05, 4.69) is 4.98 Å². The second-order valence-electron chi connectivity index (χ2n) is 3.79. The minimum atomic E-state index is 0.457. The Kier molecular flexibility index (Phi) is 2.30. The van der Waals surface area contributed by atoms with Crippen molar-refractivity contribution in [2.45, 2.75) is 6.42 Å². The first-order valence-corrected chi connectivity index (χ1v) is 5.56. The summed E-state index contributed by atoms with van der Waals surface area (Å²) in [5, 5.41) is 0.457. The number of nitrogens with two attached hydrogens (primary N) is 1. The number of hydrogen-bond donors (Lipinski definition) is 1. The molecule has 0 atom stereocenters. The van der Waals surface area contributed by atoms with Gasteiger partial charge in [-0.05, 0) is 24.3 Å². The van der Waals surface area contributed by atoms with Gasteiger partial charge >= 0.3 is 0 Å². The minimum absolute atomic E-state index is 0.457. The first-order valence-electron chi connectivity index (χ1n) is 5.18. The number of nitrogens with zero attached hydrogens (tertiary/aromatic N) is 2. The molecule has 5 heteroatoms. The van der Waals surface area contributed by atoms with Crippen LogP contribution in [0.4, 0.5) is 5.69 Å². The highest BCUT2D eigenvalue weighted by atomic mass is 35.5. The maximum Gasteiger partial charge on any atom is 0.155 e. The highest BCUT2D eigenvalue weighted by Crippen LogP contribution is 2.22. The van der Waals surface area contributed by atoms with Crippen LogP contribution in [-0.2, 0) is 6.42 Å². The van der Waals surface area contributed by atoms with E-state index >= 15 is 0 Å². The molecule has 0 unspecified atom stereocenters. The Morgan fingerprint density at radius 3 is 3.06 bits per heavy atom. The van der Waals surface area contributed by atoms with Crippen molar-refractivity contribution in [3.63, 3.8) is 0 Å². The van der Waals surface area contributed by atoms with Gasteiger partial charge in [0.25, 0.3) is 0 Å². The Labute approximate surface area is 103 Å². The monoisotopic (exact) mass is 247 g/mol. The smallest absolute Gasteiger partial charge is 0.155 e. The maximum atomic E-state index is 6.07. The molecule has 86 valence electrons. The number of aromatic nitrogens is 2. The van der Waals surface area contributed by atoms with Crippen LogP contribution < -0.4 is 5.73 Å². The van der Waals surface area contributed by atoms with Gasteiger partial charge in [-0.1, -0.05) is 11.6 Å². The van der Waals surface area contributed by atoms with Gasteiger partial charge in [-0.25, -0.2) is 4.98 Å². The second-order valence-corrected chi connectivity index (χ2v) is 4.15. The molecule has 0 bridgehead atoms. The van der Waals surface area contributed by atoms with Crippen LogP contribution in [0.1, 0.15) is 11.6 Å². The topological polar surface area (TPSA) is 56.5 Å². The molecule has 3 aromatic heterocycles. The van der Waals surface area contributed by atoms with Crippen molar-refractivity contribution < 1.29 is 4.42 Å². The molecule has 0 aliphatic rings. The van der Waals surface area contributed by atoms with Crippen LogP contribution in [0.5, 0.6) is 0 Å². The van der Waals surface area contributed by atoms with Gasteiger partial charge in [0.1, 0.15) is 11.6 Å². The third kappa shape index (κ3) is 1.76. The predicted octanol–water partition coefficient (Wildman–Crippen LogP) is 2.75. The van der Waals surface area contributed by atoms with Crippen molar-refractivity contribution in [1.29, 1.82) is 0 Å². The lowest BCUT2D eigenvalue weighted by Crippen LogP contribution is -1.96. The van der Waals surface area contributed by atoms with E-state index in [-0.39, 0.29) is 0 Å². The number of nitrogen functional groups attached to an aromatic ring is 1. The number of furan rings is 1. The molecule has 17 heavy (non-hydrogen) atoms. The summed E-state index contributed by atoms with van der Waals surface area (Å²) in [6.07, 6.45) is 4.11. The Hall–Kier alpha value is -1.94. The molecular formula is C12H10ClN3O. The second kappa shape index (κ2) is 3.82. The summed E-state index contributed by atoms with van der Waals surface area (Å²) in [7, 11) is 0. The molecule has 3 heterocycles. The van der Waals surface area contributed by atoms with Crippen molar-refractivity contribution in [3.8, 4) is 0 Å². The van der Waals surface area contributed by atoms with E-state index in [9.17, 15) is 0 Å². The number of hydrogen-bond acceptors (Lipinski definition) is 3. The van der Waals surface area contributed by atoms with Crippen LogP contribution >= 0.6 is 11.6 Å². The van der Waals surface area contributed by atoms with E-state index in [0.29, 0.717) is 17.3 Å². The molecule has 0 aliphatic carbocycles. The average Bonchev–Trinajstić information content (AvgIpc) is 2.89. The van der Waals surface area contributed by atoms with Crippen molar-refractivity contribution in [3.05, 3.63) is 53.5 Å². The molecule has 0 aliphatic heterocycles. The quantitative estimate of drug-likeness (QED) is 0.758. The first-order chi connectivity index (χ1) is 8.24. The molecule has 0 fully saturated rings. The molecule has 0 saturated heterocycles. The summed E-state index contributed by atoms with van der Waals surface area (Å²) in [6, 6.07) is 7.38. The average molecular weight is 248 g/mol. The molecule has 3 rings (SSSR count). The molecular weight excluding hydrogens is 238 g/mol.